The standard InChI is InChI=1S/C22H26FNO2/c1-16(2)15-26-20-11-9-19(10-12-20)24-21(25)22(13-3-4-14-22)17-5-7-18(23)8-6-17/h5-12,16H,3-4,13-15H2,1-2H3,(H,24,25). The average Bonchev–Trinajstić information content (AvgIpc) is 3.13. The first-order chi connectivity index (χ1) is 12.5. The summed E-state index contributed by atoms with van der Waals surface area (Å²) in [6.07, 6.45) is 3.60. The minimum absolute atomic E-state index is 0.0162. The minimum Gasteiger partial charge on any atom is -0.493 e. The highest BCUT2D eigenvalue weighted by Gasteiger charge is 2.42. The fraction of sp³-hybridized carbons (Fsp3) is 0.409. The van der Waals surface area contributed by atoms with Crippen molar-refractivity contribution in [1.82, 2.24) is 0 Å². The van der Waals surface area contributed by atoms with E-state index >= 15 is 0 Å². The van der Waals surface area contributed by atoms with E-state index in [0.717, 1.165) is 42.7 Å². The van der Waals surface area contributed by atoms with E-state index in [9.17, 15) is 9.18 Å². The van der Waals surface area contributed by atoms with Gasteiger partial charge in [0.2, 0.25) is 5.91 Å². The summed E-state index contributed by atoms with van der Waals surface area (Å²) < 4.78 is 19.0. The lowest BCUT2D eigenvalue weighted by atomic mass is 9.78. The molecular formula is C22H26FNO2. The van der Waals surface area contributed by atoms with Crippen LogP contribution < -0.4 is 10.1 Å². The molecule has 0 unspecified atom stereocenters. The maximum Gasteiger partial charge on any atom is 0.235 e. The number of hydrogen-bond donors (Lipinski definition) is 1. The van der Waals surface area contributed by atoms with Gasteiger partial charge in [-0.3, -0.25) is 4.79 Å². The summed E-state index contributed by atoms with van der Waals surface area (Å²) in [6.45, 7) is 4.87. The minimum atomic E-state index is -0.569. The van der Waals surface area contributed by atoms with Crippen molar-refractivity contribution in [2.45, 2.75) is 44.9 Å². The number of nitrogens with one attached hydrogen (secondary N) is 1. The molecule has 0 radical (unpaired) electrons. The van der Waals surface area contributed by atoms with Crippen LogP contribution in [0.2, 0.25) is 0 Å². The van der Waals surface area contributed by atoms with Gasteiger partial charge in [-0.05, 0) is 60.7 Å². The van der Waals surface area contributed by atoms with Gasteiger partial charge in [0.05, 0.1) is 12.0 Å². The van der Waals surface area contributed by atoms with Gasteiger partial charge in [0.1, 0.15) is 11.6 Å². The second kappa shape index (κ2) is 7.90. The number of hydrogen-bond acceptors (Lipinski definition) is 2. The predicted molar refractivity (Wildman–Crippen MR) is 102 cm³/mol. The van der Waals surface area contributed by atoms with Gasteiger partial charge in [-0.2, -0.15) is 0 Å². The lowest BCUT2D eigenvalue weighted by molar-refractivity contribution is -0.121. The van der Waals surface area contributed by atoms with E-state index in [1.54, 1.807) is 12.1 Å². The Morgan fingerprint density at radius 2 is 1.69 bits per heavy atom. The molecule has 1 amide bonds. The van der Waals surface area contributed by atoms with Crippen LogP contribution in [0, 0.1) is 11.7 Å². The van der Waals surface area contributed by atoms with Gasteiger partial charge >= 0.3 is 0 Å². The second-order valence-corrected chi connectivity index (χ2v) is 7.48. The van der Waals surface area contributed by atoms with Gasteiger partial charge in [0.15, 0.2) is 0 Å². The highest BCUT2D eigenvalue weighted by atomic mass is 19.1. The van der Waals surface area contributed by atoms with Crippen LogP contribution >= 0.6 is 0 Å². The molecule has 1 aliphatic rings. The second-order valence-electron chi connectivity index (χ2n) is 7.48. The van der Waals surface area contributed by atoms with E-state index in [1.807, 2.05) is 24.3 Å². The van der Waals surface area contributed by atoms with Crippen molar-refractivity contribution in [2.24, 2.45) is 5.92 Å². The largest absolute Gasteiger partial charge is 0.493 e. The Balaban J connectivity index is 1.73. The summed E-state index contributed by atoms with van der Waals surface area (Å²) in [5.41, 5.74) is 1.08. The van der Waals surface area contributed by atoms with Crippen molar-refractivity contribution < 1.29 is 13.9 Å². The smallest absolute Gasteiger partial charge is 0.235 e. The summed E-state index contributed by atoms with van der Waals surface area (Å²) >= 11 is 0. The van der Waals surface area contributed by atoms with E-state index in [4.69, 9.17) is 4.74 Å². The number of benzene rings is 2. The van der Waals surface area contributed by atoms with Crippen molar-refractivity contribution in [1.29, 1.82) is 0 Å². The maximum absolute atomic E-state index is 13.3. The Kier molecular flexibility index (Phi) is 5.60. The molecule has 0 atom stereocenters. The molecule has 4 heteroatoms. The van der Waals surface area contributed by atoms with Crippen molar-refractivity contribution >= 4 is 11.6 Å². The van der Waals surface area contributed by atoms with Crippen LogP contribution in [0.1, 0.15) is 45.1 Å². The molecule has 2 aromatic carbocycles. The zero-order valence-corrected chi connectivity index (χ0v) is 15.4. The first-order valence-electron chi connectivity index (χ1n) is 9.30. The number of rotatable bonds is 6. The van der Waals surface area contributed by atoms with Gasteiger partial charge in [-0.25, -0.2) is 4.39 Å². The number of anilines is 1. The predicted octanol–water partition coefficient (Wildman–Crippen LogP) is 5.31. The molecule has 138 valence electrons. The van der Waals surface area contributed by atoms with Crippen molar-refractivity contribution in [3.8, 4) is 5.75 Å². The summed E-state index contributed by atoms with van der Waals surface area (Å²) in [5, 5.41) is 3.04. The Morgan fingerprint density at radius 1 is 1.08 bits per heavy atom. The number of carbonyl (C=O) groups is 1. The molecule has 0 saturated heterocycles. The fourth-order valence-electron chi connectivity index (χ4n) is 3.54. The molecule has 2 aromatic rings. The van der Waals surface area contributed by atoms with Gasteiger partial charge in [0.25, 0.3) is 0 Å². The van der Waals surface area contributed by atoms with E-state index in [0.29, 0.717) is 12.5 Å². The molecule has 1 aliphatic carbocycles. The Morgan fingerprint density at radius 3 is 2.27 bits per heavy atom. The summed E-state index contributed by atoms with van der Waals surface area (Å²) in [7, 11) is 0. The van der Waals surface area contributed by atoms with E-state index in [-0.39, 0.29) is 11.7 Å². The third kappa shape index (κ3) is 4.06. The summed E-state index contributed by atoms with van der Waals surface area (Å²) in [6, 6.07) is 13.8. The van der Waals surface area contributed by atoms with Crippen molar-refractivity contribution in [3.63, 3.8) is 0 Å². The molecule has 1 N–H and O–H groups in total. The molecule has 1 saturated carbocycles. The first kappa shape index (κ1) is 18.4. The van der Waals surface area contributed by atoms with E-state index < -0.39 is 5.41 Å². The highest BCUT2D eigenvalue weighted by Crippen LogP contribution is 2.42. The van der Waals surface area contributed by atoms with Crippen LogP contribution in [0.15, 0.2) is 48.5 Å². The number of ether oxygens (including phenoxy) is 1. The van der Waals surface area contributed by atoms with Crippen LogP contribution in [0.4, 0.5) is 10.1 Å². The highest BCUT2D eigenvalue weighted by molar-refractivity contribution is 5.99. The van der Waals surface area contributed by atoms with Crippen LogP contribution in [-0.2, 0) is 10.2 Å². The Bertz CT molecular complexity index is 732. The first-order valence-corrected chi connectivity index (χ1v) is 9.30. The van der Waals surface area contributed by atoms with Crippen LogP contribution in [-0.4, -0.2) is 12.5 Å². The normalized spacial score (nSPS) is 15.8. The Labute approximate surface area is 154 Å². The molecule has 0 spiro atoms. The van der Waals surface area contributed by atoms with E-state index in [1.165, 1.54) is 12.1 Å². The third-order valence-electron chi connectivity index (χ3n) is 4.98. The SMILES string of the molecule is CC(C)COc1ccc(NC(=O)C2(c3ccc(F)cc3)CCCC2)cc1. The molecule has 0 heterocycles. The number of halogens is 1. The van der Waals surface area contributed by atoms with Gasteiger partial charge in [-0.1, -0.05) is 38.8 Å². The van der Waals surface area contributed by atoms with Crippen molar-refractivity contribution in [3.05, 3.63) is 59.9 Å². The molecule has 0 bridgehead atoms. The van der Waals surface area contributed by atoms with Gasteiger partial charge in [-0.15, -0.1) is 0 Å². The lowest BCUT2D eigenvalue weighted by Gasteiger charge is -2.28. The molecule has 3 rings (SSSR count). The summed E-state index contributed by atoms with van der Waals surface area (Å²) in [5.74, 6) is 0.967. The Hall–Kier alpha value is -2.36. The van der Waals surface area contributed by atoms with Gasteiger partial charge < -0.3 is 10.1 Å². The lowest BCUT2D eigenvalue weighted by Crippen LogP contribution is -2.38. The topological polar surface area (TPSA) is 38.3 Å². The molecule has 1 fully saturated rings. The summed E-state index contributed by atoms with van der Waals surface area (Å²) in [4.78, 5) is 13.1. The molecule has 3 nitrogen and oxygen atoms in total. The average molecular weight is 355 g/mol. The fourth-order valence-corrected chi connectivity index (χ4v) is 3.54. The monoisotopic (exact) mass is 355 g/mol. The van der Waals surface area contributed by atoms with Crippen LogP contribution in [0.5, 0.6) is 5.75 Å². The quantitative estimate of drug-likeness (QED) is 0.762. The van der Waals surface area contributed by atoms with Crippen LogP contribution in [0.25, 0.3) is 0 Å². The molecular weight excluding hydrogens is 329 g/mol. The third-order valence-corrected chi connectivity index (χ3v) is 4.98. The number of carbonyl (C=O) groups excluding carboxylic acids is 1. The van der Waals surface area contributed by atoms with Crippen molar-refractivity contribution in [2.75, 3.05) is 11.9 Å². The zero-order valence-electron chi connectivity index (χ0n) is 15.4. The molecule has 0 aromatic heterocycles. The van der Waals surface area contributed by atoms with Gasteiger partial charge in [0, 0.05) is 5.69 Å². The number of amides is 1. The van der Waals surface area contributed by atoms with E-state index in [2.05, 4.69) is 19.2 Å². The molecule has 0 aliphatic heterocycles. The van der Waals surface area contributed by atoms with Crippen LogP contribution in [0.3, 0.4) is 0 Å². The maximum atomic E-state index is 13.3. The zero-order chi connectivity index (χ0) is 18.6. The molecule has 26 heavy (non-hydrogen) atoms.